The first-order valence-electron chi connectivity index (χ1n) is 5.79. The number of hydrogen-bond acceptors (Lipinski definition) is 3. The van der Waals surface area contributed by atoms with Crippen LogP contribution in [-0.2, 0) is 16.4 Å². The Morgan fingerprint density at radius 2 is 1.90 bits per heavy atom. The van der Waals surface area contributed by atoms with Crippen molar-refractivity contribution in [1.29, 1.82) is 0 Å². The van der Waals surface area contributed by atoms with Crippen molar-refractivity contribution in [2.45, 2.75) is 11.3 Å². The standard InChI is InChI=1S/C13H12BrFN2O2S/c14-6-5-10-1-3-12(4-2-10)17-20(18,19)13-7-11(15)8-16-9-13/h1-4,7-9,17H,5-6H2. The molecule has 0 radical (unpaired) electrons. The quantitative estimate of drug-likeness (QED) is 0.835. The maximum absolute atomic E-state index is 13.0. The number of nitrogens with one attached hydrogen (secondary N) is 1. The molecule has 1 heterocycles. The Balaban J connectivity index is 2.20. The van der Waals surface area contributed by atoms with Crippen LogP contribution in [0.3, 0.4) is 0 Å². The van der Waals surface area contributed by atoms with Crippen LogP contribution in [-0.4, -0.2) is 18.7 Å². The van der Waals surface area contributed by atoms with E-state index in [9.17, 15) is 12.8 Å². The highest BCUT2D eigenvalue weighted by atomic mass is 79.9. The second-order valence-corrected chi connectivity index (χ2v) is 6.56. The van der Waals surface area contributed by atoms with Gasteiger partial charge < -0.3 is 0 Å². The van der Waals surface area contributed by atoms with E-state index >= 15 is 0 Å². The minimum Gasteiger partial charge on any atom is -0.280 e. The van der Waals surface area contributed by atoms with Gasteiger partial charge >= 0.3 is 0 Å². The molecule has 0 amide bonds. The van der Waals surface area contributed by atoms with Crippen LogP contribution in [0.1, 0.15) is 5.56 Å². The van der Waals surface area contributed by atoms with Crippen LogP contribution >= 0.6 is 15.9 Å². The summed E-state index contributed by atoms with van der Waals surface area (Å²) in [6.07, 6.45) is 2.92. The van der Waals surface area contributed by atoms with Gasteiger partial charge in [0.1, 0.15) is 10.7 Å². The molecular formula is C13H12BrFN2O2S. The van der Waals surface area contributed by atoms with Crippen molar-refractivity contribution >= 4 is 31.6 Å². The van der Waals surface area contributed by atoms with Gasteiger partial charge in [0.05, 0.1) is 6.20 Å². The Labute approximate surface area is 125 Å². The number of sulfonamides is 1. The fraction of sp³-hybridized carbons (Fsp3) is 0.154. The van der Waals surface area contributed by atoms with Gasteiger partial charge in [0.25, 0.3) is 10.0 Å². The molecule has 1 N–H and O–H groups in total. The zero-order chi connectivity index (χ0) is 14.6. The zero-order valence-corrected chi connectivity index (χ0v) is 12.8. The third-order valence-electron chi connectivity index (χ3n) is 2.58. The average molecular weight is 359 g/mol. The summed E-state index contributed by atoms with van der Waals surface area (Å²) in [5, 5.41) is 0.840. The molecule has 0 saturated carbocycles. The molecule has 0 aliphatic carbocycles. The summed E-state index contributed by atoms with van der Waals surface area (Å²) in [6.45, 7) is 0. The molecule has 0 atom stereocenters. The molecule has 106 valence electrons. The number of aryl methyl sites for hydroxylation is 1. The predicted molar refractivity (Wildman–Crippen MR) is 78.9 cm³/mol. The Hall–Kier alpha value is -1.47. The zero-order valence-electron chi connectivity index (χ0n) is 10.4. The fourth-order valence-corrected chi connectivity index (χ4v) is 3.09. The van der Waals surface area contributed by atoms with E-state index in [1.807, 2.05) is 12.1 Å². The second kappa shape index (κ2) is 6.32. The number of aromatic nitrogens is 1. The number of pyridine rings is 1. The van der Waals surface area contributed by atoms with Gasteiger partial charge in [-0.05, 0) is 30.2 Å². The summed E-state index contributed by atoms with van der Waals surface area (Å²) >= 11 is 3.34. The minimum absolute atomic E-state index is 0.206. The number of rotatable bonds is 5. The van der Waals surface area contributed by atoms with E-state index in [-0.39, 0.29) is 4.90 Å². The first-order valence-corrected chi connectivity index (χ1v) is 8.40. The van der Waals surface area contributed by atoms with Gasteiger partial charge in [0.2, 0.25) is 0 Å². The number of halogens is 2. The minimum atomic E-state index is -3.82. The lowest BCUT2D eigenvalue weighted by atomic mass is 10.2. The van der Waals surface area contributed by atoms with Crippen molar-refractivity contribution in [2.24, 2.45) is 0 Å². The van der Waals surface area contributed by atoms with Gasteiger partial charge in [-0.3, -0.25) is 9.71 Å². The summed E-state index contributed by atoms with van der Waals surface area (Å²) in [4.78, 5) is 3.32. The number of benzene rings is 1. The molecule has 0 saturated heterocycles. The van der Waals surface area contributed by atoms with Crippen molar-refractivity contribution < 1.29 is 12.8 Å². The van der Waals surface area contributed by atoms with Crippen molar-refractivity contribution in [3.8, 4) is 0 Å². The van der Waals surface area contributed by atoms with E-state index < -0.39 is 15.8 Å². The Morgan fingerprint density at radius 3 is 2.50 bits per heavy atom. The molecular weight excluding hydrogens is 347 g/mol. The normalized spacial score (nSPS) is 11.3. The molecule has 1 aromatic heterocycles. The smallest absolute Gasteiger partial charge is 0.263 e. The van der Waals surface area contributed by atoms with Crippen LogP contribution < -0.4 is 4.72 Å². The summed E-state index contributed by atoms with van der Waals surface area (Å²) in [7, 11) is -3.82. The third-order valence-corrected chi connectivity index (χ3v) is 4.32. The summed E-state index contributed by atoms with van der Waals surface area (Å²) in [5.41, 5.74) is 1.52. The van der Waals surface area contributed by atoms with E-state index in [4.69, 9.17) is 0 Å². The van der Waals surface area contributed by atoms with Gasteiger partial charge in [-0.25, -0.2) is 12.8 Å². The number of nitrogens with zero attached hydrogens (tertiary/aromatic N) is 1. The van der Waals surface area contributed by atoms with Gasteiger partial charge in [-0.1, -0.05) is 28.1 Å². The fourth-order valence-electron chi connectivity index (χ4n) is 1.60. The van der Waals surface area contributed by atoms with E-state index in [0.29, 0.717) is 5.69 Å². The molecule has 1 aromatic carbocycles. The lowest BCUT2D eigenvalue weighted by molar-refractivity contribution is 0.592. The molecule has 0 unspecified atom stereocenters. The first kappa shape index (κ1) is 14.9. The summed E-state index contributed by atoms with van der Waals surface area (Å²) in [6, 6.07) is 7.94. The highest BCUT2D eigenvalue weighted by Crippen LogP contribution is 2.17. The molecule has 2 rings (SSSR count). The van der Waals surface area contributed by atoms with Gasteiger partial charge in [0.15, 0.2) is 0 Å². The molecule has 0 spiro atoms. The van der Waals surface area contributed by atoms with Crippen LogP contribution in [0.15, 0.2) is 47.6 Å². The maximum atomic E-state index is 13.0. The molecule has 4 nitrogen and oxygen atoms in total. The van der Waals surface area contributed by atoms with Gasteiger partial charge in [-0.2, -0.15) is 0 Å². The highest BCUT2D eigenvalue weighted by molar-refractivity contribution is 9.09. The topological polar surface area (TPSA) is 59.1 Å². The highest BCUT2D eigenvalue weighted by Gasteiger charge is 2.15. The van der Waals surface area contributed by atoms with E-state index in [1.54, 1.807) is 12.1 Å². The van der Waals surface area contributed by atoms with Crippen LogP contribution in [0.4, 0.5) is 10.1 Å². The van der Waals surface area contributed by atoms with Gasteiger partial charge in [0, 0.05) is 17.2 Å². The molecule has 0 aliphatic heterocycles. The van der Waals surface area contributed by atoms with Crippen molar-refractivity contribution in [3.63, 3.8) is 0 Å². The third kappa shape index (κ3) is 3.77. The number of anilines is 1. The van der Waals surface area contributed by atoms with Crippen molar-refractivity contribution in [3.05, 3.63) is 54.1 Å². The lowest BCUT2D eigenvalue weighted by Crippen LogP contribution is -2.13. The Kier molecular flexibility index (Phi) is 4.72. The molecule has 0 bridgehead atoms. The SMILES string of the molecule is O=S(=O)(Nc1ccc(CCBr)cc1)c1cncc(F)c1. The number of hydrogen-bond donors (Lipinski definition) is 1. The Bertz CT molecular complexity index is 690. The average Bonchev–Trinajstić information content (AvgIpc) is 2.41. The van der Waals surface area contributed by atoms with Crippen LogP contribution in [0.5, 0.6) is 0 Å². The summed E-state index contributed by atoms with van der Waals surface area (Å²) in [5.74, 6) is -0.694. The molecule has 2 aromatic rings. The predicted octanol–water partition coefficient (Wildman–Crippen LogP) is 2.96. The van der Waals surface area contributed by atoms with Crippen molar-refractivity contribution in [2.75, 3.05) is 10.1 Å². The largest absolute Gasteiger partial charge is 0.280 e. The van der Waals surface area contributed by atoms with Crippen LogP contribution in [0.2, 0.25) is 0 Å². The molecule has 0 aliphatic rings. The van der Waals surface area contributed by atoms with Crippen LogP contribution in [0, 0.1) is 5.82 Å². The van der Waals surface area contributed by atoms with E-state index in [2.05, 4.69) is 25.6 Å². The second-order valence-electron chi connectivity index (χ2n) is 4.08. The molecule has 7 heteroatoms. The summed E-state index contributed by atoms with van der Waals surface area (Å²) < 4.78 is 39.5. The van der Waals surface area contributed by atoms with E-state index in [1.165, 1.54) is 0 Å². The molecule has 20 heavy (non-hydrogen) atoms. The van der Waals surface area contributed by atoms with Crippen LogP contribution in [0.25, 0.3) is 0 Å². The van der Waals surface area contributed by atoms with E-state index in [0.717, 1.165) is 35.8 Å². The number of alkyl halides is 1. The van der Waals surface area contributed by atoms with Crippen molar-refractivity contribution in [1.82, 2.24) is 4.98 Å². The first-order chi connectivity index (χ1) is 9.51. The maximum Gasteiger partial charge on any atom is 0.263 e. The monoisotopic (exact) mass is 358 g/mol. The Morgan fingerprint density at radius 1 is 1.20 bits per heavy atom. The lowest BCUT2D eigenvalue weighted by Gasteiger charge is -2.08. The van der Waals surface area contributed by atoms with Gasteiger partial charge in [-0.15, -0.1) is 0 Å². The molecule has 0 fully saturated rings.